The summed E-state index contributed by atoms with van der Waals surface area (Å²) >= 11 is 0. The fourth-order valence-corrected chi connectivity index (χ4v) is 2.07. The molecule has 3 atom stereocenters. The van der Waals surface area contributed by atoms with E-state index in [0.29, 0.717) is 6.61 Å². The van der Waals surface area contributed by atoms with Crippen LogP contribution in [0.5, 0.6) is 0 Å². The minimum Gasteiger partial charge on any atom is -0.388 e. The first-order valence-electron chi connectivity index (χ1n) is 5.23. The summed E-state index contributed by atoms with van der Waals surface area (Å²) < 4.78 is 18.1. The van der Waals surface area contributed by atoms with Gasteiger partial charge in [0.05, 0.1) is 12.2 Å². The van der Waals surface area contributed by atoms with Crippen LogP contribution in [0.25, 0.3) is 0 Å². The number of halogens is 1. The molecule has 1 aliphatic heterocycles. The molecule has 1 fully saturated rings. The number of hydrogen-bond donors (Lipinski definition) is 1. The minimum atomic E-state index is -0.553. The van der Waals surface area contributed by atoms with Gasteiger partial charge in [-0.05, 0) is 31.0 Å². The highest BCUT2D eigenvalue weighted by molar-refractivity contribution is 5.19. The van der Waals surface area contributed by atoms with Crippen molar-refractivity contribution >= 4 is 0 Å². The SMILES string of the molecule is CC1OCCC1C(O)c1ccc(F)cc1. The Morgan fingerprint density at radius 3 is 2.60 bits per heavy atom. The third-order valence-corrected chi connectivity index (χ3v) is 3.05. The number of benzene rings is 1. The van der Waals surface area contributed by atoms with Crippen LogP contribution in [0.2, 0.25) is 0 Å². The van der Waals surface area contributed by atoms with Gasteiger partial charge in [0.1, 0.15) is 5.82 Å². The lowest BCUT2D eigenvalue weighted by molar-refractivity contribution is 0.0431. The highest BCUT2D eigenvalue weighted by atomic mass is 19.1. The van der Waals surface area contributed by atoms with Crippen LogP contribution in [0, 0.1) is 11.7 Å². The summed E-state index contributed by atoms with van der Waals surface area (Å²) in [6, 6.07) is 6.01. The van der Waals surface area contributed by atoms with E-state index in [2.05, 4.69) is 0 Å². The number of hydrogen-bond acceptors (Lipinski definition) is 2. The van der Waals surface area contributed by atoms with Crippen LogP contribution in [-0.2, 0) is 4.74 Å². The van der Waals surface area contributed by atoms with Gasteiger partial charge in [-0.25, -0.2) is 4.39 Å². The molecule has 0 spiro atoms. The van der Waals surface area contributed by atoms with Gasteiger partial charge >= 0.3 is 0 Å². The molecule has 2 nitrogen and oxygen atoms in total. The lowest BCUT2D eigenvalue weighted by Crippen LogP contribution is -2.19. The first-order chi connectivity index (χ1) is 7.18. The van der Waals surface area contributed by atoms with Gasteiger partial charge in [-0.1, -0.05) is 12.1 Å². The maximum absolute atomic E-state index is 12.7. The molecule has 3 heteroatoms. The van der Waals surface area contributed by atoms with Gasteiger partial charge in [0.15, 0.2) is 0 Å². The Kier molecular flexibility index (Phi) is 3.03. The molecular weight excluding hydrogens is 195 g/mol. The number of aliphatic hydroxyl groups is 1. The molecule has 3 unspecified atom stereocenters. The molecule has 2 rings (SSSR count). The molecule has 1 N–H and O–H groups in total. The first kappa shape index (κ1) is 10.6. The molecule has 1 aromatic rings. The number of rotatable bonds is 2. The van der Waals surface area contributed by atoms with Crippen molar-refractivity contribution < 1.29 is 14.2 Å². The second-order valence-electron chi connectivity index (χ2n) is 4.02. The first-order valence-corrected chi connectivity index (χ1v) is 5.23. The van der Waals surface area contributed by atoms with E-state index in [1.165, 1.54) is 12.1 Å². The van der Waals surface area contributed by atoms with Crippen molar-refractivity contribution in [3.8, 4) is 0 Å². The van der Waals surface area contributed by atoms with E-state index in [4.69, 9.17) is 4.74 Å². The van der Waals surface area contributed by atoms with E-state index in [1.807, 2.05) is 6.92 Å². The zero-order chi connectivity index (χ0) is 10.8. The Labute approximate surface area is 88.7 Å². The quantitative estimate of drug-likeness (QED) is 0.811. The summed E-state index contributed by atoms with van der Waals surface area (Å²) in [7, 11) is 0. The molecule has 0 amide bonds. The van der Waals surface area contributed by atoms with E-state index in [1.54, 1.807) is 12.1 Å². The Balaban J connectivity index is 2.13. The van der Waals surface area contributed by atoms with Gasteiger partial charge in [0.25, 0.3) is 0 Å². The van der Waals surface area contributed by atoms with Crippen LogP contribution in [0.15, 0.2) is 24.3 Å². The van der Waals surface area contributed by atoms with Crippen molar-refractivity contribution in [2.45, 2.75) is 25.6 Å². The molecule has 0 aliphatic carbocycles. The highest BCUT2D eigenvalue weighted by Gasteiger charge is 2.31. The van der Waals surface area contributed by atoms with E-state index < -0.39 is 6.10 Å². The van der Waals surface area contributed by atoms with Gasteiger partial charge in [-0.15, -0.1) is 0 Å². The summed E-state index contributed by atoms with van der Waals surface area (Å²) in [6.45, 7) is 2.66. The third-order valence-electron chi connectivity index (χ3n) is 3.05. The third kappa shape index (κ3) is 2.19. The molecule has 1 heterocycles. The second-order valence-corrected chi connectivity index (χ2v) is 4.02. The van der Waals surface area contributed by atoms with E-state index in [-0.39, 0.29) is 17.8 Å². The van der Waals surface area contributed by atoms with Crippen LogP contribution in [-0.4, -0.2) is 17.8 Å². The topological polar surface area (TPSA) is 29.5 Å². The Morgan fingerprint density at radius 2 is 2.07 bits per heavy atom. The zero-order valence-electron chi connectivity index (χ0n) is 8.69. The maximum Gasteiger partial charge on any atom is 0.123 e. The standard InChI is InChI=1S/C12H15FO2/c1-8-11(6-7-15-8)12(14)9-2-4-10(13)5-3-9/h2-5,8,11-12,14H,6-7H2,1H3. The van der Waals surface area contributed by atoms with Crippen LogP contribution in [0.1, 0.15) is 25.0 Å². The number of aliphatic hydroxyl groups excluding tert-OH is 1. The molecule has 0 bridgehead atoms. The van der Waals surface area contributed by atoms with Crippen LogP contribution in [0.4, 0.5) is 4.39 Å². The molecule has 1 aliphatic rings. The highest BCUT2D eigenvalue weighted by Crippen LogP contribution is 2.32. The fraction of sp³-hybridized carbons (Fsp3) is 0.500. The lowest BCUT2D eigenvalue weighted by Gasteiger charge is -2.21. The van der Waals surface area contributed by atoms with Crippen molar-refractivity contribution in [1.82, 2.24) is 0 Å². The summed E-state index contributed by atoms with van der Waals surface area (Å²) in [6.07, 6.45) is 0.382. The minimum absolute atomic E-state index is 0.0741. The van der Waals surface area contributed by atoms with Crippen LogP contribution >= 0.6 is 0 Å². The zero-order valence-corrected chi connectivity index (χ0v) is 8.69. The van der Waals surface area contributed by atoms with Crippen LogP contribution in [0.3, 0.4) is 0 Å². The number of ether oxygens (including phenoxy) is 1. The fourth-order valence-electron chi connectivity index (χ4n) is 2.07. The monoisotopic (exact) mass is 210 g/mol. The summed E-state index contributed by atoms with van der Waals surface area (Å²) in [5.74, 6) is -0.155. The van der Waals surface area contributed by atoms with E-state index in [9.17, 15) is 9.50 Å². The average Bonchev–Trinajstić information content (AvgIpc) is 2.65. The van der Waals surface area contributed by atoms with Crippen molar-refractivity contribution in [3.05, 3.63) is 35.6 Å². The van der Waals surface area contributed by atoms with Gasteiger partial charge in [0.2, 0.25) is 0 Å². The summed E-state index contributed by atoms with van der Waals surface area (Å²) in [5.41, 5.74) is 0.763. The Bertz CT molecular complexity index is 323. The largest absolute Gasteiger partial charge is 0.388 e. The van der Waals surface area contributed by atoms with Crippen LogP contribution < -0.4 is 0 Å². The lowest BCUT2D eigenvalue weighted by atomic mass is 9.91. The molecule has 82 valence electrons. The van der Waals surface area contributed by atoms with Gasteiger partial charge in [-0.3, -0.25) is 0 Å². The smallest absolute Gasteiger partial charge is 0.123 e. The van der Waals surface area contributed by atoms with Gasteiger partial charge < -0.3 is 9.84 Å². The molecule has 15 heavy (non-hydrogen) atoms. The average molecular weight is 210 g/mol. The molecular formula is C12H15FO2. The molecule has 0 radical (unpaired) electrons. The van der Waals surface area contributed by atoms with Crippen molar-refractivity contribution in [2.75, 3.05) is 6.61 Å². The van der Waals surface area contributed by atoms with Crippen molar-refractivity contribution in [2.24, 2.45) is 5.92 Å². The molecule has 0 aromatic heterocycles. The normalized spacial score (nSPS) is 27.9. The molecule has 0 saturated carbocycles. The van der Waals surface area contributed by atoms with E-state index >= 15 is 0 Å². The van der Waals surface area contributed by atoms with Crippen molar-refractivity contribution in [1.29, 1.82) is 0 Å². The molecule has 1 aromatic carbocycles. The Hall–Kier alpha value is -0.930. The van der Waals surface area contributed by atoms with E-state index in [0.717, 1.165) is 12.0 Å². The predicted molar refractivity (Wildman–Crippen MR) is 54.9 cm³/mol. The summed E-state index contributed by atoms with van der Waals surface area (Å²) in [5, 5.41) is 10.1. The maximum atomic E-state index is 12.7. The van der Waals surface area contributed by atoms with Crippen molar-refractivity contribution in [3.63, 3.8) is 0 Å². The van der Waals surface area contributed by atoms with Gasteiger partial charge in [-0.2, -0.15) is 0 Å². The molecule has 1 saturated heterocycles. The van der Waals surface area contributed by atoms with Gasteiger partial charge in [0, 0.05) is 12.5 Å². The summed E-state index contributed by atoms with van der Waals surface area (Å²) in [4.78, 5) is 0. The Morgan fingerprint density at radius 1 is 1.40 bits per heavy atom. The second kappa shape index (κ2) is 4.29. The predicted octanol–water partition coefficient (Wildman–Crippen LogP) is 2.28.